The average molecular weight is 296 g/mol. The smallest absolute Gasteiger partial charge is 0.255 e. The van der Waals surface area contributed by atoms with Crippen LogP contribution in [0.4, 0.5) is 0 Å². The molecular weight excluding hydrogens is 280 g/mol. The summed E-state index contributed by atoms with van der Waals surface area (Å²) in [6.45, 7) is 3.29. The summed E-state index contributed by atoms with van der Waals surface area (Å²) in [5.74, 6) is -0.232. The van der Waals surface area contributed by atoms with Crippen molar-refractivity contribution in [2.45, 2.75) is 13.5 Å². The van der Waals surface area contributed by atoms with Gasteiger partial charge in [0.1, 0.15) is 6.67 Å². The number of aldehydes is 1. The molecule has 1 aliphatic heterocycles. The average Bonchev–Trinajstić information content (AvgIpc) is 2.93. The van der Waals surface area contributed by atoms with Gasteiger partial charge >= 0.3 is 0 Å². The summed E-state index contributed by atoms with van der Waals surface area (Å²) in [6, 6.07) is 5.36. The molecule has 2 heterocycles. The Hall–Kier alpha value is -2.89. The molecule has 1 aromatic heterocycles. The second kappa shape index (κ2) is 5.85. The Bertz CT molecular complexity index is 802. The van der Waals surface area contributed by atoms with Gasteiger partial charge in [-0.3, -0.25) is 14.6 Å². The monoisotopic (exact) mass is 296 g/mol. The first-order valence-electron chi connectivity index (χ1n) is 7.05. The molecule has 0 spiro atoms. The van der Waals surface area contributed by atoms with Crippen LogP contribution in [0.5, 0.6) is 0 Å². The Balaban J connectivity index is 1.94. The molecule has 0 unspecified atom stereocenters. The van der Waals surface area contributed by atoms with Crippen molar-refractivity contribution in [3.8, 4) is 0 Å². The minimum Gasteiger partial charge on any atom is -0.371 e. The standard InChI is InChI=1S/C16H16N4O2/c1-2-20-8-12(9-21)14-5-11(3-4-15(14)20)16(22)19-13-6-17-10-18-7-13/h3-9,17H,2,10H2,1H3,(H,19,22). The number of aliphatic imine (C=N–C) groups is 1. The Morgan fingerprint density at radius 1 is 1.50 bits per heavy atom. The van der Waals surface area contributed by atoms with Gasteiger partial charge in [-0.1, -0.05) is 0 Å². The van der Waals surface area contributed by atoms with Gasteiger partial charge in [-0.2, -0.15) is 0 Å². The molecule has 1 aliphatic rings. The van der Waals surface area contributed by atoms with Crippen LogP contribution in [-0.4, -0.2) is 29.6 Å². The first kappa shape index (κ1) is 14.1. The molecular formula is C16H16N4O2. The molecule has 2 aromatic rings. The second-order valence-electron chi connectivity index (χ2n) is 4.95. The lowest BCUT2D eigenvalue weighted by atomic mass is 10.1. The molecule has 1 amide bonds. The number of hydrogen-bond donors (Lipinski definition) is 2. The van der Waals surface area contributed by atoms with Gasteiger partial charge in [0.25, 0.3) is 5.91 Å². The lowest BCUT2D eigenvalue weighted by Crippen LogP contribution is -2.27. The molecule has 2 N–H and O–H groups in total. The minimum atomic E-state index is -0.232. The number of nitrogens with zero attached hydrogens (tertiary/aromatic N) is 2. The van der Waals surface area contributed by atoms with E-state index in [1.807, 2.05) is 17.6 Å². The fourth-order valence-electron chi connectivity index (χ4n) is 2.48. The maximum atomic E-state index is 12.3. The third kappa shape index (κ3) is 2.50. The third-order valence-electron chi connectivity index (χ3n) is 3.57. The van der Waals surface area contributed by atoms with Gasteiger partial charge in [0, 0.05) is 47.2 Å². The van der Waals surface area contributed by atoms with E-state index in [0.29, 0.717) is 23.5 Å². The largest absolute Gasteiger partial charge is 0.371 e. The summed E-state index contributed by atoms with van der Waals surface area (Å²) >= 11 is 0. The van der Waals surface area contributed by atoms with E-state index >= 15 is 0 Å². The Morgan fingerprint density at radius 3 is 3.05 bits per heavy atom. The van der Waals surface area contributed by atoms with E-state index in [-0.39, 0.29) is 5.91 Å². The normalized spacial score (nSPS) is 13.6. The first-order valence-corrected chi connectivity index (χ1v) is 7.05. The number of benzene rings is 1. The number of aryl methyl sites for hydroxylation is 1. The number of hydrogen-bond acceptors (Lipinski definition) is 4. The molecule has 3 rings (SSSR count). The number of nitrogens with one attached hydrogen (secondary N) is 2. The molecule has 6 nitrogen and oxygen atoms in total. The van der Waals surface area contributed by atoms with Gasteiger partial charge in [0.2, 0.25) is 0 Å². The van der Waals surface area contributed by atoms with Gasteiger partial charge in [-0.05, 0) is 25.1 Å². The molecule has 0 bridgehead atoms. The van der Waals surface area contributed by atoms with Gasteiger partial charge in [0.15, 0.2) is 6.29 Å². The Kier molecular flexibility index (Phi) is 3.74. The van der Waals surface area contributed by atoms with Gasteiger partial charge < -0.3 is 15.2 Å². The zero-order valence-electron chi connectivity index (χ0n) is 12.2. The van der Waals surface area contributed by atoms with E-state index in [0.717, 1.165) is 23.7 Å². The molecule has 0 atom stereocenters. The molecule has 0 saturated heterocycles. The van der Waals surface area contributed by atoms with Crippen LogP contribution in [0, 0.1) is 0 Å². The highest BCUT2D eigenvalue weighted by Gasteiger charge is 2.12. The molecule has 0 aliphatic carbocycles. The van der Waals surface area contributed by atoms with Crippen molar-refractivity contribution in [2.24, 2.45) is 4.99 Å². The number of aromatic nitrogens is 1. The molecule has 22 heavy (non-hydrogen) atoms. The van der Waals surface area contributed by atoms with E-state index in [2.05, 4.69) is 15.6 Å². The SMILES string of the molecule is CCn1cc(C=O)c2cc(C(=O)NC3=CNCN=C3)ccc21. The van der Waals surface area contributed by atoms with E-state index in [1.165, 1.54) is 0 Å². The van der Waals surface area contributed by atoms with E-state index in [1.54, 1.807) is 30.7 Å². The van der Waals surface area contributed by atoms with Crippen molar-refractivity contribution in [3.05, 3.63) is 47.4 Å². The van der Waals surface area contributed by atoms with Crippen LogP contribution < -0.4 is 10.6 Å². The minimum absolute atomic E-state index is 0.232. The Morgan fingerprint density at radius 2 is 2.36 bits per heavy atom. The number of carbonyl (C=O) groups excluding carboxylic acids is 2. The maximum absolute atomic E-state index is 12.3. The number of fused-ring (bicyclic) bond motifs is 1. The lowest BCUT2D eigenvalue weighted by molar-refractivity contribution is 0.0967. The molecule has 112 valence electrons. The van der Waals surface area contributed by atoms with Gasteiger partial charge in [-0.25, -0.2) is 0 Å². The van der Waals surface area contributed by atoms with E-state index < -0.39 is 0 Å². The number of amides is 1. The lowest BCUT2D eigenvalue weighted by Gasteiger charge is -2.10. The third-order valence-corrected chi connectivity index (χ3v) is 3.57. The van der Waals surface area contributed by atoms with Gasteiger partial charge in [-0.15, -0.1) is 0 Å². The highest BCUT2D eigenvalue weighted by molar-refractivity contribution is 6.04. The summed E-state index contributed by atoms with van der Waals surface area (Å²) in [6.07, 6.45) is 5.93. The fraction of sp³-hybridized carbons (Fsp3) is 0.188. The van der Waals surface area contributed by atoms with Crippen molar-refractivity contribution < 1.29 is 9.59 Å². The Labute approximate surface area is 127 Å². The van der Waals surface area contributed by atoms with E-state index in [4.69, 9.17) is 0 Å². The maximum Gasteiger partial charge on any atom is 0.255 e. The van der Waals surface area contributed by atoms with Crippen LogP contribution in [0.2, 0.25) is 0 Å². The number of rotatable bonds is 4. The molecule has 6 heteroatoms. The van der Waals surface area contributed by atoms with Crippen LogP contribution >= 0.6 is 0 Å². The predicted molar refractivity (Wildman–Crippen MR) is 85.0 cm³/mol. The summed E-state index contributed by atoms with van der Waals surface area (Å²) in [4.78, 5) is 27.5. The van der Waals surface area contributed by atoms with Crippen molar-refractivity contribution in [1.82, 2.24) is 15.2 Å². The summed E-state index contributed by atoms with van der Waals surface area (Å²) in [7, 11) is 0. The summed E-state index contributed by atoms with van der Waals surface area (Å²) in [5, 5.41) is 6.49. The fourth-order valence-corrected chi connectivity index (χ4v) is 2.48. The highest BCUT2D eigenvalue weighted by Crippen LogP contribution is 2.22. The van der Waals surface area contributed by atoms with E-state index in [9.17, 15) is 9.59 Å². The zero-order valence-corrected chi connectivity index (χ0v) is 12.2. The molecule has 1 aromatic carbocycles. The topological polar surface area (TPSA) is 75.5 Å². The molecule has 0 radical (unpaired) electrons. The van der Waals surface area contributed by atoms with Crippen molar-refractivity contribution in [3.63, 3.8) is 0 Å². The first-order chi connectivity index (χ1) is 10.7. The number of allylic oxidation sites excluding steroid dienone is 1. The van der Waals surface area contributed by atoms with Crippen LogP contribution in [0.25, 0.3) is 10.9 Å². The highest BCUT2D eigenvalue weighted by atomic mass is 16.1. The summed E-state index contributed by atoms with van der Waals surface area (Å²) < 4.78 is 1.99. The summed E-state index contributed by atoms with van der Waals surface area (Å²) in [5.41, 5.74) is 2.65. The second-order valence-corrected chi connectivity index (χ2v) is 4.95. The molecule has 0 saturated carbocycles. The number of carbonyl (C=O) groups is 2. The van der Waals surface area contributed by atoms with Crippen molar-refractivity contribution in [2.75, 3.05) is 6.67 Å². The van der Waals surface area contributed by atoms with Gasteiger partial charge in [0.05, 0.1) is 5.70 Å². The van der Waals surface area contributed by atoms with Crippen LogP contribution in [-0.2, 0) is 6.54 Å². The predicted octanol–water partition coefficient (Wildman–Crippen LogP) is 1.68. The van der Waals surface area contributed by atoms with Crippen LogP contribution in [0.3, 0.4) is 0 Å². The van der Waals surface area contributed by atoms with Crippen molar-refractivity contribution >= 4 is 29.3 Å². The van der Waals surface area contributed by atoms with Crippen LogP contribution in [0.1, 0.15) is 27.6 Å². The van der Waals surface area contributed by atoms with Crippen molar-refractivity contribution in [1.29, 1.82) is 0 Å². The zero-order chi connectivity index (χ0) is 15.5. The molecule has 0 fully saturated rings. The quantitative estimate of drug-likeness (QED) is 0.843. The van der Waals surface area contributed by atoms with Crippen LogP contribution in [0.15, 0.2) is 41.3 Å².